The highest BCUT2D eigenvalue weighted by atomic mass is 32.2. The fourth-order valence-corrected chi connectivity index (χ4v) is 7.68. The second-order valence-corrected chi connectivity index (χ2v) is 16.0. The van der Waals surface area contributed by atoms with Crippen molar-refractivity contribution in [3.63, 3.8) is 0 Å². The molecule has 0 aliphatic carbocycles. The van der Waals surface area contributed by atoms with Gasteiger partial charge in [0.1, 0.15) is 11.6 Å². The predicted molar refractivity (Wildman–Crippen MR) is 224 cm³/mol. The van der Waals surface area contributed by atoms with E-state index >= 15 is 0 Å². The molecule has 0 unspecified atom stereocenters. The number of hydrogen-bond acceptors (Lipinski definition) is 10. The van der Waals surface area contributed by atoms with Gasteiger partial charge in [-0.3, -0.25) is 24.6 Å². The maximum atomic E-state index is 14.1. The van der Waals surface area contributed by atoms with Crippen LogP contribution >= 0.6 is 0 Å². The number of nitrogens with two attached hydrogens (primary N) is 2. The van der Waals surface area contributed by atoms with Crippen molar-refractivity contribution >= 4 is 39.2 Å². The smallest absolute Gasteiger partial charge is 0.224 e. The van der Waals surface area contributed by atoms with Crippen LogP contribution in [0.25, 0.3) is 0 Å². The summed E-state index contributed by atoms with van der Waals surface area (Å²) in [5.41, 5.74) is 15.1. The van der Waals surface area contributed by atoms with Crippen molar-refractivity contribution in [1.82, 2.24) is 15.4 Å². The van der Waals surface area contributed by atoms with Gasteiger partial charge in [-0.1, -0.05) is 98.1 Å². The van der Waals surface area contributed by atoms with Crippen LogP contribution in [0.2, 0.25) is 0 Å². The standard InChI is InChI=1S/C43H60N6O8S/c1-56-24-25-57-23-22-47-41(52)21-20-38(50)14-7-2-3-8-15-39(49-58(54,55)31-33-10-5-4-6-11-33)40(51)28-37(27-34-12-9-13-35(26-34)29-44)43(53)48-30-32-16-18-36(19-17-32)42(45)46/h4-6,9-13,16-19,26,37,39,49H,2-3,7-8,14-15,20-25,27-31,44H2,1H3,(H3,45,46)(H,47,52)(H,48,53)/t37-,39-/m1/s1. The first-order valence-corrected chi connectivity index (χ1v) is 21.4. The van der Waals surface area contributed by atoms with Gasteiger partial charge in [0.05, 0.1) is 31.6 Å². The monoisotopic (exact) mass is 820 g/mol. The Morgan fingerprint density at radius 2 is 1.48 bits per heavy atom. The molecule has 0 saturated heterocycles. The summed E-state index contributed by atoms with van der Waals surface area (Å²) in [7, 11) is -2.36. The minimum atomic E-state index is -3.94. The van der Waals surface area contributed by atoms with Crippen molar-refractivity contribution in [2.24, 2.45) is 17.4 Å². The van der Waals surface area contributed by atoms with Crippen molar-refractivity contribution in [1.29, 1.82) is 5.41 Å². The number of ketones is 2. The molecule has 3 aromatic rings. The molecule has 0 bridgehead atoms. The first-order chi connectivity index (χ1) is 27.9. The second-order valence-electron chi connectivity index (χ2n) is 14.3. The molecule has 3 rings (SSSR count). The molecule has 0 spiro atoms. The molecule has 316 valence electrons. The van der Waals surface area contributed by atoms with Gasteiger partial charge in [0.15, 0.2) is 5.78 Å². The molecular weight excluding hydrogens is 761 g/mol. The molecule has 14 nitrogen and oxygen atoms in total. The van der Waals surface area contributed by atoms with Crippen LogP contribution in [0.3, 0.4) is 0 Å². The Morgan fingerprint density at radius 1 is 0.776 bits per heavy atom. The maximum Gasteiger partial charge on any atom is 0.224 e. The van der Waals surface area contributed by atoms with Gasteiger partial charge in [-0.2, -0.15) is 0 Å². The highest BCUT2D eigenvalue weighted by Gasteiger charge is 2.29. The molecule has 15 heteroatoms. The van der Waals surface area contributed by atoms with Crippen molar-refractivity contribution < 1.29 is 37.1 Å². The van der Waals surface area contributed by atoms with Gasteiger partial charge < -0.3 is 31.6 Å². The van der Waals surface area contributed by atoms with E-state index in [-0.39, 0.29) is 67.8 Å². The normalized spacial score (nSPS) is 12.4. The van der Waals surface area contributed by atoms with Crippen molar-refractivity contribution in [2.45, 2.75) is 89.1 Å². The van der Waals surface area contributed by atoms with Gasteiger partial charge in [-0.05, 0) is 41.5 Å². The number of Topliss-reactive ketones (excluding diaryl/α,β-unsaturated/α-hetero) is 2. The number of amides is 2. The van der Waals surface area contributed by atoms with Gasteiger partial charge in [0.2, 0.25) is 21.8 Å². The number of ether oxygens (including phenoxy) is 2. The van der Waals surface area contributed by atoms with Crippen LogP contribution in [0.15, 0.2) is 78.9 Å². The fraction of sp³-hybridized carbons (Fsp3) is 0.465. The summed E-state index contributed by atoms with van der Waals surface area (Å²) in [6.45, 7) is 2.13. The van der Waals surface area contributed by atoms with Crippen LogP contribution in [0.1, 0.15) is 85.6 Å². The SMILES string of the molecule is COCCOCCNC(=O)CCC(=O)CCCCCC[C@@H](NS(=O)(=O)Cc1ccccc1)C(=O)C[C@@H](Cc1cccc(CN)c1)C(=O)NCc1ccc(C(=N)N)cc1. The average molecular weight is 821 g/mol. The zero-order chi connectivity index (χ0) is 42.2. The molecule has 3 aromatic carbocycles. The van der Waals surface area contributed by atoms with Gasteiger partial charge >= 0.3 is 0 Å². The lowest BCUT2D eigenvalue weighted by molar-refractivity contribution is -0.130. The number of amidine groups is 1. The van der Waals surface area contributed by atoms with Crippen LogP contribution in [0, 0.1) is 11.3 Å². The molecule has 2 amide bonds. The molecule has 0 aromatic heterocycles. The lowest BCUT2D eigenvalue weighted by atomic mass is 9.89. The molecule has 0 aliphatic heterocycles. The van der Waals surface area contributed by atoms with Gasteiger partial charge in [-0.25, -0.2) is 13.1 Å². The number of unbranched alkanes of at least 4 members (excludes halogenated alkanes) is 3. The summed E-state index contributed by atoms with van der Waals surface area (Å²) in [6.07, 6.45) is 3.28. The summed E-state index contributed by atoms with van der Waals surface area (Å²) in [5, 5.41) is 13.3. The second kappa shape index (κ2) is 26.3. The highest BCUT2D eigenvalue weighted by Crippen LogP contribution is 2.20. The molecule has 0 heterocycles. The number of nitrogens with one attached hydrogen (secondary N) is 4. The first-order valence-electron chi connectivity index (χ1n) is 19.8. The van der Waals surface area contributed by atoms with E-state index in [4.69, 9.17) is 26.4 Å². The van der Waals surface area contributed by atoms with Crippen molar-refractivity contribution in [2.75, 3.05) is 33.5 Å². The van der Waals surface area contributed by atoms with E-state index in [1.807, 2.05) is 24.3 Å². The number of benzene rings is 3. The molecule has 0 fully saturated rings. The van der Waals surface area contributed by atoms with E-state index in [1.54, 1.807) is 61.7 Å². The predicted octanol–water partition coefficient (Wildman–Crippen LogP) is 3.82. The Morgan fingerprint density at radius 3 is 2.19 bits per heavy atom. The zero-order valence-electron chi connectivity index (χ0n) is 33.5. The van der Waals surface area contributed by atoms with Crippen LogP contribution in [0.4, 0.5) is 0 Å². The molecule has 0 radical (unpaired) electrons. The van der Waals surface area contributed by atoms with E-state index < -0.39 is 27.8 Å². The third kappa shape index (κ3) is 19.1. The molecule has 0 aliphatic rings. The van der Waals surface area contributed by atoms with Crippen LogP contribution in [-0.4, -0.2) is 77.2 Å². The van der Waals surface area contributed by atoms with E-state index in [0.717, 1.165) is 16.7 Å². The van der Waals surface area contributed by atoms with Crippen LogP contribution in [-0.2, 0) is 63.9 Å². The molecule has 58 heavy (non-hydrogen) atoms. The van der Waals surface area contributed by atoms with Gasteiger partial charge in [-0.15, -0.1) is 0 Å². The minimum Gasteiger partial charge on any atom is -0.384 e. The molecular formula is C43H60N6O8S. The molecule has 8 N–H and O–H groups in total. The number of methoxy groups -OCH3 is 1. The largest absolute Gasteiger partial charge is 0.384 e. The number of hydrogen-bond donors (Lipinski definition) is 6. The molecule has 0 saturated carbocycles. The number of carbonyl (C=O) groups is 4. The van der Waals surface area contributed by atoms with E-state index in [2.05, 4.69) is 15.4 Å². The Labute approximate surface area is 342 Å². The quantitative estimate of drug-likeness (QED) is 0.0323. The van der Waals surface area contributed by atoms with Crippen molar-refractivity contribution in [3.8, 4) is 0 Å². The third-order valence-electron chi connectivity index (χ3n) is 9.50. The Balaban J connectivity index is 1.62. The minimum absolute atomic E-state index is 0.0115. The summed E-state index contributed by atoms with van der Waals surface area (Å²) in [6, 6.07) is 22.0. The lowest BCUT2D eigenvalue weighted by Crippen LogP contribution is -2.43. The lowest BCUT2D eigenvalue weighted by Gasteiger charge is -2.22. The number of sulfonamides is 1. The highest BCUT2D eigenvalue weighted by molar-refractivity contribution is 7.88. The first kappa shape index (κ1) is 47.6. The fourth-order valence-electron chi connectivity index (χ4n) is 6.28. The van der Waals surface area contributed by atoms with Crippen LogP contribution < -0.4 is 26.8 Å². The van der Waals surface area contributed by atoms with Gasteiger partial charge in [0, 0.05) is 63.9 Å². The van der Waals surface area contributed by atoms with E-state index in [1.165, 1.54) is 0 Å². The Bertz CT molecular complexity index is 1860. The number of nitrogen functional groups attached to an aromatic ring is 1. The van der Waals surface area contributed by atoms with Crippen molar-refractivity contribution in [3.05, 3.63) is 107 Å². The Hall–Kier alpha value is -4.80. The topological polar surface area (TPSA) is 233 Å². The van der Waals surface area contributed by atoms with E-state index in [9.17, 15) is 27.6 Å². The average Bonchev–Trinajstić information content (AvgIpc) is 3.21. The zero-order valence-corrected chi connectivity index (χ0v) is 34.3. The Kier molecular flexibility index (Phi) is 21.5. The number of carbonyl (C=O) groups excluding carboxylic acids is 4. The summed E-state index contributed by atoms with van der Waals surface area (Å²) >= 11 is 0. The van der Waals surface area contributed by atoms with Gasteiger partial charge in [0.25, 0.3) is 0 Å². The third-order valence-corrected chi connectivity index (χ3v) is 10.9. The van der Waals surface area contributed by atoms with Crippen LogP contribution in [0.5, 0.6) is 0 Å². The maximum absolute atomic E-state index is 14.1. The number of rotatable bonds is 30. The summed E-state index contributed by atoms with van der Waals surface area (Å²) < 4.78 is 39.7. The summed E-state index contributed by atoms with van der Waals surface area (Å²) in [5.74, 6) is -2.15. The van der Waals surface area contributed by atoms with E-state index in [0.29, 0.717) is 76.1 Å². The summed E-state index contributed by atoms with van der Waals surface area (Å²) in [4.78, 5) is 52.3. The molecule has 2 atom stereocenters.